The van der Waals surface area contributed by atoms with Crippen LogP contribution in [0.15, 0.2) is 40.9 Å². The van der Waals surface area contributed by atoms with Gasteiger partial charge in [-0.25, -0.2) is 0 Å². The Morgan fingerprint density at radius 1 is 0.917 bits per heavy atom. The number of aryl methyl sites for hydroxylation is 1. The average Bonchev–Trinajstić information content (AvgIpc) is 2.52. The second-order valence-electron chi connectivity index (χ2n) is 8.34. The molecule has 0 atom stereocenters. The Balaban J connectivity index is 2.14. The molecule has 1 aliphatic carbocycles. The molecule has 0 heterocycles. The van der Waals surface area contributed by atoms with Crippen LogP contribution in [0.25, 0.3) is 0 Å². The van der Waals surface area contributed by atoms with Crippen molar-refractivity contribution in [1.82, 2.24) is 0 Å². The third-order valence-corrected chi connectivity index (χ3v) is 6.15. The molecule has 0 saturated heterocycles. The Morgan fingerprint density at radius 3 is 1.96 bits per heavy atom. The topological polar surface area (TPSA) is 17.1 Å². The first-order valence-electron chi connectivity index (χ1n) is 8.58. The van der Waals surface area contributed by atoms with E-state index < -0.39 is 0 Å². The summed E-state index contributed by atoms with van der Waals surface area (Å²) < 4.78 is 0.901. The van der Waals surface area contributed by atoms with Gasteiger partial charge in [-0.15, -0.1) is 0 Å². The lowest BCUT2D eigenvalue weighted by Gasteiger charge is -2.42. The van der Waals surface area contributed by atoms with Crippen LogP contribution in [0.1, 0.15) is 73.1 Å². The van der Waals surface area contributed by atoms with Crippen molar-refractivity contribution in [2.45, 2.75) is 58.3 Å². The number of fused-ring (bicyclic) bond motifs is 1. The fraction of sp³-hybridized carbons (Fsp3) is 0.409. The Kier molecular flexibility index (Phi) is 4.24. The molecule has 1 nitrogen and oxygen atoms in total. The molecular weight excluding hydrogens is 360 g/mol. The predicted molar refractivity (Wildman–Crippen MR) is 104 cm³/mol. The van der Waals surface area contributed by atoms with E-state index in [4.69, 9.17) is 0 Å². The van der Waals surface area contributed by atoms with Gasteiger partial charge in [0.25, 0.3) is 0 Å². The number of benzene rings is 2. The molecule has 0 radical (unpaired) electrons. The van der Waals surface area contributed by atoms with Gasteiger partial charge in [-0.3, -0.25) is 4.79 Å². The van der Waals surface area contributed by atoms with E-state index in [0.717, 1.165) is 22.0 Å². The van der Waals surface area contributed by atoms with Crippen LogP contribution in [0.4, 0.5) is 0 Å². The van der Waals surface area contributed by atoms with Gasteiger partial charge in [-0.1, -0.05) is 73.5 Å². The third-order valence-electron chi connectivity index (χ3n) is 5.50. The lowest BCUT2D eigenvalue weighted by atomic mass is 9.63. The van der Waals surface area contributed by atoms with Crippen molar-refractivity contribution in [3.63, 3.8) is 0 Å². The van der Waals surface area contributed by atoms with Crippen molar-refractivity contribution in [2.75, 3.05) is 0 Å². The number of rotatable bonds is 2. The molecular formula is C22H25BrO. The molecule has 0 bridgehead atoms. The molecule has 2 heteroatoms. The Labute approximate surface area is 153 Å². The van der Waals surface area contributed by atoms with Crippen molar-refractivity contribution in [3.05, 3.63) is 68.7 Å². The van der Waals surface area contributed by atoms with E-state index in [-0.39, 0.29) is 16.6 Å². The molecule has 0 spiro atoms. The van der Waals surface area contributed by atoms with E-state index in [1.54, 1.807) is 0 Å². The van der Waals surface area contributed by atoms with Crippen LogP contribution in [-0.2, 0) is 10.8 Å². The second-order valence-corrected chi connectivity index (χ2v) is 9.19. The fourth-order valence-electron chi connectivity index (χ4n) is 3.62. The second kappa shape index (κ2) is 5.84. The van der Waals surface area contributed by atoms with Crippen LogP contribution < -0.4 is 0 Å². The maximum absolute atomic E-state index is 13.0. The molecule has 1 aliphatic rings. The van der Waals surface area contributed by atoms with Crippen molar-refractivity contribution in [3.8, 4) is 0 Å². The van der Waals surface area contributed by atoms with Gasteiger partial charge in [-0.05, 0) is 53.9 Å². The van der Waals surface area contributed by atoms with Gasteiger partial charge in [0.1, 0.15) is 0 Å². The van der Waals surface area contributed by atoms with E-state index in [1.165, 1.54) is 23.1 Å². The summed E-state index contributed by atoms with van der Waals surface area (Å²) in [6, 6.07) is 12.1. The largest absolute Gasteiger partial charge is 0.289 e. The van der Waals surface area contributed by atoms with Crippen LogP contribution in [0.5, 0.6) is 0 Å². The van der Waals surface area contributed by atoms with Gasteiger partial charge >= 0.3 is 0 Å². The van der Waals surface area contributed by atoms with Crippen molar-refractivity contribution >= 4 is 21.7 Å². The molecule has 0 aromatic heterocycles. The highest BCUT2D eigenvalue weighted by Gasteiger charge is 2.38. The summed E-state index contributed by atoms with van der Waals surface area (Å²) in [5.41, 5.74) is 5.62. The zero-order chi connectivity index (χ0) is 17.7. The van der Waals surface area contributed by atoms with Gasteiger partial charge in [0, 0.05) is 15.6 Å². The lowest BCUT2D eigenvalue weighted by Crippen LogP contribution is -2.34. The first-order valence-corrected chi connectivity index (χ1v) is 9.37. The number of carbonyl (C=O) groups excluding carboxylic acids is 1. The van der Waals surface area contributed by atoms with E-state index in [9.17, 15) is 4.79 Å². The summed E-state index contributed by atoms with van der Waals surface area (Å²) in [7, 11) is 0. The number of hydrogen-bond donors (Lipinski definition) is 0. The van der Waals surface area contributed by atoms with Gasteiger partial charge in [-0.2, -0.15) is 0 Å². The zero-order valence-electron chi connectivity index (χ0n) is 15.2. The van der Waals surface area contributed by atoms with Gasteiger partial charge in [0.05, 0.1) is 0 Å². The number of ketones is 1. The third kappa shape index (κ3) is 2.97. The van der Waals surface area contributed by atoms with E-state index >= 15 is 0 Å². The van der Waals surface area contributed by atoms with Crippen molar-refractivity contribution in [1.29, 1.82) is 0 Å². The van der Waals surface area contributed by atoms with Crippen LogP contribution in [-0.4, -0.2) is 5.78 Å². The van der Waals surface area contributed by atoms with E-state index in [2.05, 4.69) is 55.8 Å². The molecule has 2 aromatic rings. The monoisotopic (exact) mass is 384 g/mol. The average molecular weight is 385 g/mol. The summed E-state index contributed by atoms with van der Waals surface area (Å²) in [4.78, 5) is 13.0. The molecule has 3 rings (SSSR count). The van der Waals surface area contributed by atoms with Gasteiger partial charge in [0.15, 0.2) is 5.78 Å². The summed E-state index contributed by atoms with van der Waals surface area (Å²) in [6.45, 7) is 11.2. The van der Waals surface area contributed by atoms with Gasteiger partial charge < -0.3 is 0 Å². The number of hydrogen-bond acceptors (Lipinski definition) is 1. The van der Waals surface area contributed by atoms with Crippen LogP contribution in [0.3, 0.4) is 0 Å². The zero-order valence-corrected chi connectivity index (χ0v) is 16.8. The summed E-state index contributed by atoms with van der Waals surface area (Å²) in [5.74, 6) is 0.0869. The van der Waals surface area contributed by atoms with Crippen LogP contribution >= 0.6 is 15.9 Å². The highest BCUT2D eigenvalue weighted by atomic mass is 79.9. The summed E-state index contributed by atoms with van der Waals surface area (Å²) in [6.07, 6.45) is 2.32. The molecule has 24 heavy (non-hydrogen) atoms. The molecule has 0 N–H and O–H groups in total. The fourth-order valence-corrected chi connectivity index (χ4v) is 4.15. The van der Waals surface area contributed by atoms with E-state index in [1.807, 2.05) is 31.2 Å². The van der Waals surface area contributed by atoms with E-state index in [0.29, 0.717) is 0 Å². The van der Waals surface area contributed by atoms with Crippen molar-refractivity contribution in [2.24, 2.45) is 0 Å². The molecule has 126 valence electrons. The SMILES string of the molecule is Cc1ccc(C(=O)c2cc3c(cc2Br)C(C)(C)CCC3(C)C)cc1. The smallest absolute Gasteiger partial charge is 0.194 e. The molecule has 0 aliphatic heterocycles. The highest BCUT2D eigenvalue weighted by molar-refractivity contribution is 9.10. The highest BCUT2D eigenvalue weighted by Crippen LogP contribution is 2.47. The first-order chi connectivity index (χ1) is 11.1. The van der Waals surface area contributed by atoms with Gasteiger partial charge in [0.2, 0.25) is 0 Å². The molecule has 0 fully saturated rings. The maximum Gasteiger partial charge on any atom is 0.194 e. The first kappa shape index (κ1) is 17.4. The molecule has 0 amide bonds. The molecule has 0 unspecified atom stereocenters. The maximum atomic E-state index is 13.0. The van der Waals surface area contributed by atoms with Crippen LogP contribution in [0.2, 0.25) is 0 Å². The minimum Gasteiger partial charge on any atom is -0.289 e. The lowest BCUT2D eigenvalue weighted by molar-refractivity contribution is 0.103. The van der Waals surface area contributed by atoms with Crippen molar-refractivity contribution < 1.29 is 4.79 Å². The minimum absolute atomic E-state index is 0.0869. The Bertz CT molecular complexity index is 797. The number of carbonyl (C=O) groups is 1. The number of halogens is 1. The van der Waals surface area contributed by atoms with Crippen LogP contribution in [0, 0.1) is 6.92 Å². The minimum atomic E-state index is 0.0869. The summed E-state index contributed by atoms with van der Waals surface area (Å²) >= 11 is 3.66. The molecule has 0 saturated carbocycles. The standard InChI is InChI=1S/C22H25BrO/c1-14-6-8-15(9-7-14)20(24)16-12-17-18(13-19(16)23)22(4,5)11-10-21(17,2)3/h6-9,12-13H,10-11H2,1-5H3. The molecule has 2 aromatic carbocycles. The summed E-state index contributed by atoms with van der Waals surface area (Å²) in [5, 5.41) is 0. The quantitative estimate of drug-likeness (QED) is 0.552. The normalized spacial score (nSPS) is 18.1. The predicted octanol–water partition coefficient (Wildman–Crippen LogP) is 6.34. The Hall–Kier alpha value is -1.41. The Morgan fingerprint density at radius 2 is 1.42 bits per heavy atom.